The molecule has 0 aliphatic carbocycles. The van der Waals surface area contributed by atoms with Crippen LogP contribution in [0.25, 0.3) is 0 Å². The van der Waals surface area contributed by atoms with Crippen LogP contribution in [0.1, 0.15) is 6.92 Å². The van der Waals surface area contributed by atoms with Crippen LogP contribution in [0.2, 0.25) is 0 Å². The van der Waals surface area contributed by atoms with Crippen LogP contribution < -0.4 is 0 Å². The normalized spacial score (nSPS) is 9.33. The van der Waals surface area contributed by atoms with E-state index in [1.165, 1.54) is 0 Å². The van der Waals surface area contributed by atoms with E-state index >= 15 is 0 Å². The predicted octanol–water partition coefficient (Wildman–Crippen LogP) is 0.387. The summed E-state index contributed by atoms with van der Waals surface area (Å²) in [6.07, 6.45) is 0. The molecule has 0 amide bonds. The molecule has 0 aromatic rings. The number of hydrogen-bond donors (Lipinski definition) is 0. The lowest BCUT2D eigenvalue weighted by Crippen LogP contribution is -2.21. The highest BCUT2D eigenvalue weighted by atomic mass is 16.8. The average Bonchev–Trinajstić information content (AvgIpc) is 2.10. The fourth-order valence-corrected chi connectivity index (χ4v) is 0.491. The van der Waals surface area contributed by atoms with Gasteiger partial charge in [-0.2, -0.15) is 10.5 Å². The Kier molecular flexibility index (Phi) is 7.21. The minimum atomic E-state index is -0.908. The second-order valence-corrected chi connectivity index (χ2v) is 1.68. The predicted molar refractivity (Wildman–Crippen MR) is 38.5 cm³/mol. The summed E-state index contributed by atoms with van der Waals surface area (Å²) < 4.78 is 14.5. The van der Waals surface area contributed by atoms with Gasteiger partial charge in [-0.15, -0.1) is 0 Å². The maximum absolute atomic E-state index is 8.16. The molecule has 0 saturated carbocycles. The SMILES string of the molecule is CCOC(OCC#N)OCC#N. The Morgan fingerprint density at radius 3 is 1.92 bits per heavy atom. The van der Waals surface area contributed by atoms with Gasteiger partial charge in [-0.05, 0) is 6.92 Å². The van der Waals surface area contributed by atoms with E-state index in [0.717, 1.165) is 0 Å². The first-order valence-corrected chi connectivity index (χ1v) is 3.43. The smallest absolute Gasteiger partial charge is 0.273 e. The molecule has 0 aliphatic heterocycles. The van der Waals surface area contributed by atoms with Crippen molar-refractivity contribution in [1.82, 2.24) is 0 Å². The van der Waals surface area contributed by atoms with Gasteiger partial charge in [0.25, 0.3) is 6.48 Å². The van der Waals surface area contributed by atoms with Crippen LogP contribution in [0.5, 0.6) is 0 Å². The van der Waals surface area contributed by atoms with Crippen molar-refractivity contribution in [2.45, 2.75) is 13.4 Å². The molecule has 0 atom stereocenters. The number of nitriles is 2. The van der Waals surface area contributed by atoms with E-state index < -0.39 is 6.48 Å². The topological polar surface area (TPSA) is 75.3 Å². The van der Waals surface area contributed by atoms with Crippen molar-refractivity contribution < 1.29 is 14.2 Å². The van der Waals surface area contributed by atoms with Crippen LogP contribution in [0.4, 0.5) is 0 Å². The molecule has 0 unspecified atom stereocenters. The molecule has 0 aromatic heterocycles. The molecule has 0 bridgehead atoms. The van der Waals surface area contributed by atoms with Crippen molar-refractivity contribution in [3.05, 3.63) is 0 Å². The molecule has 0 heterocycles. The second-order valence-electron chi connectivity index (χ2n) is 1.68. The van der Waals surface area contributed by atoms with Gasteiger partial charge in [0.15, 0.2) is 0 Å². The Hall–Kier alpha value is -1.14. The van der Waals surface area contributed by atoms with Crippen molar-refractivity contribution in [1.29, 1.82) is 10.5 Å². The monoisotopic (exact) mass is 170 g/mol. The zero-order chi connectivity index (χ0) is 9.23. The molecular weight excluding hydrogens is 160 g/mol. The van der Waals surface area contributed by atoms with E-state index in [2.05, 4.69) is 0 Å². The van der Waals surface area contributed by atoms with Crippen LogP contribution in [0.3, 0.4) is 0 Å². The number of rotatable bonds is 6. The summed E-state index contributed by atoms with van der Waals surface area (Å²) in [5.74, 6) is 0. The Balaban J connectivity index is 3.57. The van der Waals surface area contributed by atoms with Gasteiger partial charge in [0.05, 0.1) is 12.1 Å². The van der Waals surface area contributed by atoms with Gasteiger partial charge in [0, 0.05) is 6.61 Å². The Morgan fingerprint density at radius 1 is 1.08 bits per heavy atom. The second kappa shape index (κ2) is 7.96. The fraction of sp³-hybridized carbons (Fsp3) is 0.714. The summed E-state index contributed by atoms with van der Waals surface area (Å²) in [4.78, 5) is 0. The van der Waals surface area contributed by atoms with Gasteiger partial charge in [-0.1, -0.05) is 0 Å². The van der Waals surface area contributed by atoms with Crippen molar-refractivity contribution >= 4 is 0 Å². The first kappa shape index (κ1) is 10.9. The summed E-state index contributed by atoms with van der Waals surface area (Å²) >= 11 is 0. The zero-order valence-electron chi connectivity index (χ0n) is 6.82. The molecule has 5 nitrogen and oxygen atoms in total. The molecule has 0 radical (unpaired) electrons. The summed E-state index contributed by atoms with van der Waals surface area (Å²) in [7, 11) is 0. The molecule has 0 spiro atoms. The highest BCUT2D eigenvalue weighted by Crippen LogP contribution is 1.96. The van der Waals surface area contributed by atoms with Crippen molar-refractivity contribution in [3.8, 4) is 12.1 Å². The average molecular weight is 170 g/mol. The molecule has 12 heavy (non-hydrogen) atoms. The van der Waals surface area contributed by atoms with E-state index in [-0.39, 0.29) is 13.2 Å². The first-order valence-electron chi connectivity index (χ1n) is 3.43. The summed E-state index contributed by atoms with van der Waals surface area (Å²) in [6, 6.07) is 3.54. The maximum atomic E-state index is 8.16. The number of nitrogens with zero attached hydrogens (tertiary/aromatic N) is 2. The van der Waals surface area contributed by atoms with Gasteiger partial charge < -0.3 is 14.2 Å². The van der Waals surface area contributed by atoms with E-state index in [4.69, 9.17) is 24.7 Å². The molecule has 0 fully saturated rings. The van der Waals surface area contributed by atoms with Crippen LogP contribution in [0, 0.1) is 22.7 Å². The third-order valence-electron chi connectivity index (χ3n) is 0.871. The van der Waals surface area contributed by atoms with Crippen LogP contribution in [-0.2, 0) is 14.2 Å². The van der Waals surface area contributed by atoms with Gasteiger partial charge in [0.2, 0.25) is 0 Å². The lowest BCUT2D eigenvalue weighted by Gasteiger charge is -2.13. The number of ether oxygens (including phenoxy) is 3. The van der Waals surface area contributed by atoms with Crippen molar-refractivity contribution in [2.75, 3.05) is 19.8 Å². The van der Waals surface area contributed by atoms with Crippen LogP contribution >= 0.6 is 0 Å². The van der Waals surface area contributed by atoms with Gasteiger partial charge in [-0.3, -0.25) is 0 Å². The fourth-order valence-electron chi connectivity index (χ4n) is 0.491. The van der Waals surface area contributed by atoms with Crippen LogP contribution in [0.15, 0.2) is 0 Å². The quantitative estimate of drug-likeness (QED) is 0.539. The molecule has 66 valence electrons. The molecule has 0 saturated heterocycles. The highest BCUT2D eigenvalue weighted by Gasteiger charge is 2.07. The third kappa shape index (κ3) is 5.63. The van der Waals surface area contributed by atoms with Crippen LogP contribution in [-0.4, -0.2) is 26.3 Å². The largest absolute Gasteiger partial charge is 0.330 e. The Labute approximate surface area is 71.1 Å². The molecule has 5 heteroatoms. The third-order valence-corrected chi connectivity index (χ3v) is 0.871. The summed E-state index contributed by atoms with van der Waals surface area (Å²) in [5.41, 5.74) is 0. The first-order chi connectivity index (χ1) is 5.85. The Morgan fingerprint density at radius 2 is 1.58 bits per heavy atom. The molecule has 0 aromatic carbocycles. The van der Waals surface area contributed by atoms with Crippen molar-refractivity contribution in [2.24, 2.45) is 0 Å². The standard InChI is InChI=1S/C7H10N2O3/c1-2-10-7(11-5-3-8)12-6-4-9/h7H,2,5-6H2,1H3. The zero-order valence-corrected chi connectivity index (χ0v) is 6.82. The van der Waals surface area contributed by atoms with Gasteiger partial charge >= 0.3 is 0 Å². The number of hydrogen-bond acceptors (Lipinski definition) is 5. The highest BCUT2D eigenvalue weighted by molar-refractivity contribution is 4.68. The minimum absolute atomic E-state index is 0.115. The molecular formula is C7H10N2O3. The van der Waals surface area contributed by atoms with E-state index in [1.54, 1.807) is 19.1 Å². The Bertz CT molecular complexity index is 164. The maximum Gasteiger partial charge on any atom is 0.273 e. The lowest BCUT2D eigenvalue weighted by molar-refractivity contribution is -0.276. The molecule has 0 aliphatic rings. The summed E-state index contributed by atoms with van der Waals surface area (Å²) in [5, 5.41) is 16.3. The van der Waals surface area contributed by atoms with Gasteiger partial charge in [0.1, 0.15) is 13.2 Å². The summed E-state index contributed by atoms with van der Waals surface area (Å²) in [6.45, 7) is 1.03. The molecule has 0 N–H and O–H groups in total. The lowest BCUT2D eigenvalue weighted by atomic mass is 10.8. The van der Waals surface area contributed by atoms with Crippen molar-refractivity contribution in [3.63, 3.8) is 0 Å². The molecule has 0 rings (SSSR count). The van der Waals surface area contributed by atoms with E-state index in [1.807, 2.05) is 0 Å². The van der Waals surface area contributed by atoms with E-state index in [9.17, 15) is 0 Å². The van der Waals surface area contributed by atoms with Gasteiger partial charge in [-0.25, -0.2) is 0 Å². The minimum Gasteiger partial charge on any atom is -0.330 e. The van der Waals surface area contributed by atoms with E-state index in [0.29, 0.717) is 6.61 Å².